The molecule has 18 heavy (non-hydrogen) atoms. The molecule has 0 radical (unpaired) electrons. The van der Waals surface area contributed by atoms with Gasteiger partial charge in [0.25, 0.3) is 0 Å². The smallest absolute Gasteiger partial charge is 0.191 e. The largest absolute Gasteiger partial charge is 0.357 e. The summed E-state index contributed by atoms with van der Waals surface area (Å²) >= 11 is 0. The first kappa shape index (κ1) is 15.3. The van der Waals surface area contributed by atoms with Crippen LogP contribution in [-0.4, -0.2) is 50.1 Å². The van der Waals surface area contributed by atoms with Crippen molar-refractivity contribution in [2.45, 2.75) is 40.0 Å². The van der Waals surface area contributed by atoms with Gasteiger partial charge >= 0.3 is 0 Å². The number of nitrogens with one attached hydrogen (secondary N) is 2. The minimum Gasteiger partial charge on any atom is -0.357 e. The summed E-state index contributed by atoms with van der Waals surface area (Å²) in [5, 5.41) is 6.56. The van der Waals surface area contributed by atoms with Crippen LogP contribution in [0.25, 0.3) is 0 Å². The summed E-state index contributed by atoms with van der Waals surface area (Å²) in [6, 6.07) is 0. The van der Waals surface area contributed by atoms with Crippen LogP contribution in [0, 0.1) is 5.92 Å². The highest BCUT2D eigenvalue weighted by Gasteiger charge is 2.18. The summed E-state index contributed by atoms with van der Waals surface area (Å²) in [6.45, 7) is 13.1. The number of nitrogens with zero attached hydrogens (tertiary/aromatic N) is 2. The first-order valence-electron chi connectivity index (χ1n) is 7.54. The van der Waals surface area contributed by atoms with Gasteiger partial charge in [-0.05, 0) is 58.7 Å². The molecular formula is C14H30N4. The first-order valence-corrected chi connectivity index (χ1v) is 7.54. The van der Waals surface area contributed by atoms with Crippen LogP contribution in [-0.2, 0) is 0 Å². The maximum Gasteiger partial charge on any atom is 0.191 e. The third-order valence-electron chi connectivity index (χ3n) is 3.44. The van der Waals surface area contributed by atoms with Crippen molar-refractivity contribution in [1.82, 2.24) is 15.5 Å². The van der Waals surface area contributed by atoms with Crippen LogP contribution in [0.4, 0.5) is 0 Å². The van der Waals surface area contributed by atoms with Gasteiger partial charge in [0.05, 0.1) is 0 Å². The molecule has 0 aromatic rings. The standard InChI is InChI=1S/C14H30N4/c1-4-9-18-10-7-13(8-11-18)12-17-14(15-5-2)16-6-3/h13H,4-12H2,1-3H3,(H2,15,16,17). The van der Waals surface area contributed by atoms with Gasteiger partial charge in [0.15, 0.2) is 5.96 Å². The quantitative estimate of drug-likeness (QED) is 0.560. The lowest BCUT2D eigenvalue weighted by Crippen LogP contribution is -2.38. The number of likely N-dealkylation sites (tertiary alicyclic amines) is 1. The van der Waals surface area contributed by atoms with E-state index in [9.17, 15) is 0 Å². The number of piperidine rings is 1. The van der Waals surface area contributed by atoms with Gasteiger partial charge < -0.3 is 15.5 Å². The first-order chi connectivity index (χ1) is 8.80. The van der Waals surface area contributed by atoms with Crippen LogP contribution in [0.5, 0.6) is 0 Å². The zero-order valence-corrected chi connectivity index (χ0v) is 12.3. The van der Waals surface area contributed by atoms with Crippen LogP contribution in [0.15, 0.2) is 4.99 Å². The molecule has 0 spiro atoms. The van der Waals surface area contributed by atoms with Gasteiger partial charge in [-0.15, -0.1) is 0 Å². The van der Waals surface area contributed by atoms with Crippen molar-refractivity contribution < 1.29 is 0 Å². The number of guanidine groups is 1. The molecule has 1 fully saturated rings. The third-order valence-corrected chi connectivity index (χ3v) is 3.44. The van der Waals surface area contributed by atoms with Crippen molar-refractivity contribution in [3.63, 3.8) is 0 Å². The van der Waals surface area contributed by atoms with Crippen molar-refractivity contribution in [3.8, 4) is 0 Å². The molecule has 4 nitrogen and oxygen atoms in total. The summed E-state index contributed by atoms with van der Waals surface area (Å²) < 4.78 is 0. The Kier molecular flexibility index (Phi) is 7.81. The third kappa shape index (κ3) is 5.71. The Morgan fingerprint density at radius 3 is 2.22 bits per heavy atom. The molecule has 0 atom stereocenters. The second-order valence-electron chi connectivity index (χ2n) is 5.03. The predicted molar refractivity (Wildman–Crippen MR) is 79.1 cm³/mol. The van der Waals surface area contributed by atoms with E-state index in [2.05, 4.69) is 41.3 Å². The number of rotatable bonds is 6. The molecule has 0 unspecified atom stereocenters. The Balaban J connectivity index is 2.28. The molecule has 0 saturated carbocycles. The molecule has 106 valence electrons. The summed E-state index contributed by atoms with van der Waals surface area (Å²) in [6.07, 6.45) is 3.87. The summed E-state index contributed by atoms with van der Waals surface area (Å²) in [5.41, 5.74) is 0. The molecule has 0 bridgehead atoms. The molecule has 2 N–H and O–H groups in total. The fourth-order valence-corrected chi connectivity index (χ4v) is 2.44. The normalized spacial score (nSPS) is 17.5. The van der Waals surface area contributed by atoms with Gasteiger partial charge in [0.1, 0.15) is 0 Å². The van der Waals surface area contributed by atoms with E-state index in [0.29, 0.717) is 0 Å². The van der Waals surface area contributed by atoms with Crippen LogP contribution in [0.3, 0.4) is 0 Å². The van der Waals surface area contributed by atoms with Gasteiger partial charge in [0, 0.05) is 19.6 Å². The molecule has 1 rings (SSSR count). The van der Waals surface area contributed by atoms with Crippen LogP contribution in [0.1, 0.15) is 40.0 Å². The van der Waals surface area contributed by atoms with Gasteiger partial charge in [-0.1, -0.05) is 6.92 Å². The van der Waals surface area contributed by atoms with Crippen molar-refractivity contribution in [2.24, 2.45) is 10.9 Å². The molecule has 1 aliphatic rings. The highest BCUT2D eigenvalue weighted by atomic mass is 15.2. The Morgan fingerprint density at radius 1 is 1.11 bits per heavy atom. The maximum absolute atomic E-state index is 4.67. The van der Waals surface area contributed by atoms with Crippen LogP contribution in [0.2, 0.25) is 0 Å². The Labute approximate surface area is 112 Å². The summed E-state index contributed by atoms with van der Waals surface area (Å²) in [4.78, 5) is 7.25. The molecule has 4 heteroatoms. The molecule has 0 amide bonds. The highest BCUT2D eigenvalue weighted by Crippen LogP contribution is 2.17. The molecule has 1 heterocycles. The van der Waals surface area contributed by atoms with E-state index >= 15 is 0 Å². The lowest BCUT2D eigenvalue weighted by molar-refractivity contribution is 0.188. The molecular weight excluding hydrogens is 224 g/mol. The molecule has 0 aliphatic carbocycles. The minimum atomic E-state index is 0.769. The monoisotopic (exact) mass is 254 g/mol. The second-order valence-corrected chi connectivity index (χ2v) is 5.03. The van der Waals surface area contributed by atoms with Crippen LogP contribution >= 0.6 is 0 Å². The highest BCUT2D eigenvalue weighted by molar-refractivity contribution is 5.79. The Bertz CT molecular complexity index is 224. The molecule has 1 aliphatic heterocycles. The Hall–Kier alpha value is -0.770. The SMILES string of the molecule is CCCN1CCC(CN=C(NCC)NCC)CC1. The zero-order chi connectivity index (χ0) is 13.2. The number of hydrogen-bond donors (Lipinski definition) is 2. The predicted octanol–water partition coefficient (Wildman–Crippen LogP) is 1.68. The maximum atomic E-state index is 4.67. The Morgan fingerprint density at radius 2 is 1.72 bits per heavy atom. The van der Waals surface area contributed by atoms with E-state index < -0.39 is 0 Å². The van der Waals surface area contributed by atoms with Gasteiger partial charge in [-0.2, -0.15) is 0 Å². The number of hydrogen-bond acceptors (Lipinski definition) is 2. The van der Waals surface area contributed by atoms with Crippen LogP contribution < -0.4 is 10.6 Å². The lowest BCUT2D eigenvalue weighted by Gasteiger charge is -2.31. The molecule has 0 aromatic heterocycles. The zero-order valence-electron chi connectivity index (χ0n) is 12.3. The van der Waals surface area contributed by atoms with E-state index in [0.717, 1.165) is 31.5 Å². The fourth-order valence-electron chi connectivity index (χ4n) is 2.44. The summed E-state index contributed by atoms with van der Waals surface area (Å²) in [7, 11) is 0. The van der Waals surface area contributed by atoms with Crippen molar-refractivity contribution in [3.05, 3.63) is 0 Å². The van der Waals surface area contributed by atoms with Crippen molar-refractivity contribution in [1.29, 1.82) is 0 Å². The minimum absolute atomic E-state index is 0.769. The van der Waals surface area contributed by atoms with Crippen molar-refractivity contribution in [2.75, 3.05) is 39.3 Å². The fraction of sp³-hybridized carbons (Fsp3) is 0.929. The van der Waals surface area contributed by atoms with E-state index in [1.165, 1.54) is 38.9 Å². The molecule has 1 saturated heterocycles. The lowest BCUT2D eigenvalue weighted by atomic mass is 9.97. The second kappa shape index (κ2) is 9.20. The van der Waals surface area contributed by atoms with E-state index in [1.807, 2.05) is 0 Å². The number of aliphatic imine (C=N–C) groups is 1. The van der Waals surface area contributed by atoms with E-state index in [-0.39, 0.29) is 0 Å². The van der Waals surface area contributed by atoms with E-state index in [1.54, 1.807) is 0 Å². The van der Waals surface area contributed by atoms with E-state index in [4.69, 9.17) is 0 Å². The summed E-state index contributed by atoms with van der Waals surface area (Å²) in [5.74, 6) is 1.74. The molecule has 0 aromatic carbocycles. The van der Waals surface area contributed by atoms with Crippen molar-refractivity contribution >= 4 is 5.96 Å². The van der Waals surface area contributed by atoms with Gasteiger partial charge in [-0.3, -0.25) is 4.99 Å². The average Bonchev–Trinajstić information content (AvgIpc) is 2.38. The average molecular weight is 254 g/mol. The van der Waals surface area contributed by atoms with Gasteiger partial charge in [0.2, 0.25) is 0 Å². The topological polar surface area (TPSA) is 39.7 Å². The van der Waals surface area contributed by atoms with Gasteiger partial charge in [-0.25, -0.2) is 0 Å².